The van der Waals surface area contributed by atoms with Crippen molar-refractivity contribution in [3.8, 4) is 0 Å². The van der Waals surface area contributed by atoms with Crippen molar-refractivity contribution in [1.29, 1.82) is 0 Å². The van der Waals surface area contributed by atoms with Gasteiger partial charge in [0.25, 0.3) is 0 Å². The van der Waals surface area contributed by atoms with Crippen LogP contribution in [0.2, 0.25) is 0 Å². The zero-order valence-corrected chi connectivity index (χ0v) is 7.82. The highest BCUT2D eigenvalue weighted by Crippen LogP contribution is 2.20. The van der Waals surface area contributed by atoms with Gasteiger partial charge in [-0.2, -0.15) is 5.23 Å². The number of hydrogen-bond donors (Lipinski definition) is 3. The third kappa shape index (κ3) is 2.96. The van der Waals surface area contributed by atoms with Crippen LogP contribution in [0.5, 0.6) is 0 Å². The van der Waals surface area contributed by atoms with E-state index in [1.165, 1.54) is 18.3 Å². The fourth-order valence-corrected chi connectivity index (χ4v) is 1.51. The summed E-state index contributed by atoms with van der Waals surface area (Å²) in [6, 6.07) is 2.88. The Morgan fingerprint density at radius 1 is 1.71 bits per heavy atom. The minimum atomic E-state index is -1.11. The zero-order valence-electron chi connectivity index (χ0n) is 7.01. The van der Waals surface area contributed by atoms with E-state index < -0.39 is 11.2 Å². The quantitative estimate of drug-likeness (QED) is 0.470. The second-order valence-corrected chi connectivity index (χ2v) is 3.31. The van der Waals surface area contributed by atoms with Crippen LogP contribution in [0.1, 0.15) is 0 Å². The average Bonchev–Trinajstić information content (AvgIpc) is 2.15. The summed E-state index contributed by atoms with van der Waals surface area (Å²) in [7, 11) is 0. The van der Waals surface area contributed by atoms with Crippen LogP contribution in [0.15, 0.2) is 23.4 Å². The first kappa shape index (κ1) is 10.9. The lowest BCUT2D eigenvalue weighted by molar-refractivity contribution is -0.992. The normalized spacial score (nSPS) is 12.4. The Balaban J connectivity index is 2.79. The van der Waals surface area contributed by atoms with E-state index in [0.29, 0.717) is 0 Å². The van der Waals surface area contributed by atoms with E-state index in [-0.39, 0.29) is 16.5 Å². The van der Waals surface area contributed by atoms with E-state index in [1.807, 2.05) is 0 Å². The van der Waals surface area contributed by atoms with Crippen LogP contribution < -0.4 is 5.23 Å². The summed E-state index contributed by atoms with van der Waals surface area (Å²) in [4.78, 5) is 14.0. The molecule has 1 atom stereocenters. The molecular formula is C7H8N2O4S. The fraction of sp³-hybridized carbons (Fsp3) is 0.143. The molecule has 0 aromatic carbocycles. The molecule has 0 radical (unpaired) electrons. The van der Waals surface area contributed by atoms with Gasteiger partial charge >= 0.3 is 5.97 Å². The van der Waals surface area contributed by atoms with Crippen LogP contribution in [0.4, 0.5) is 5.69 Å². The van der Waals surface area contributed by atoms with Crippen molar-refractivity contribution in [2.75, 3.05) is 5.75 Å². The third-order valence-corrected chi connectivity index (χ3v) is 2.32. The van der Waals surface area contributed by atoms with Crippen molar-refractivity contribution in [3.63, 3.8) is 0 Å². The number of nitrogens with one attached hydrogen (secondary N) is 1. The lowest BCUT2D eigenvalue weighted by Crippen LogP contribution is -2.99. The number of pyridine rings is 1. The molecule has 0 amide bonds. The molecule has 1 aromatic rings. The number of nitrogens with zero attached hydrogens (tertiary/aromatic N) is 1. The van der Waals surface area contributed by atoms with Gasteiger partial charge in [0.1, 0.15) is 0 Å². The molecule has 0 fully saturated rings. The minimum Gasteiger partial charge on any atom is -0.595 e. The number of quaternary nitrogens is 1. The van der Waals surface area contributed by atoms with E-state index >= 15 is 0 Å². The lowest BCUT2D eigenvalue weighted by Gasteiger charge is -2.13. The maximum absolute atomic E-state index is 10.7. The number of hydrogen-bond acceptors (Lipinski definition) is 5. The summed E-state index contributed by atoms with van der Waals surface area (Å²) < 4.78 is 0. The van der Waals surface area contributed by atoms with Crippen molar-refractivity contribution >= 4 is 23.4 Å². The molecule has 0 saturated heterocycles. The van der Waals surface area contributed by atoms with Crippen LogP contribution in [-0.2, 0) is 4.79 Å². The van der Waals surface area contributed by atoms with E-state index in [0.717, 1.165) is 11.8 Å². The van der Waals surface area contributed by atoms with Crippen LogP contribution in [0.3, 0.4) is 0 Å². The number of carbonyl (C=O) groups is 1. The molecule has 1 aromatic heterocycles. The second kappa shape index (κ2) is 4.91. The van der Waals surface area contributed by atoms with Crippen molar-refractivity contribution in [2.45, 2.75) is 5.03 Å². The third-order valence-electron chi connectivity index (χ3n) is 1.33. The predicted octanol–water partition coefficient (Wildman–Crippen LogP) is -0.338. The van der Waals surface area contributed by atoms with Crippen molar-refractivity contribution in [1.82, 2.24) is 4.98 Å². The highest BCUT2D eigenvalue weighted by Gasteiger charge is 2.11. The summed E-state index contributed by atoms with van der Waals surface area (Å²) in [5.74, 6) is -1.20. The molecule has 1 heterocycles. The molecule has 0 bridgehead atoms. The number of carboxylic acids is 1. The Morgan fingerprint density at radius 3 is 3.00 bits per heavy atom. The van der Waals surface area contributed by atoms with Crippen LogP contribution in [0, 0.1) is 5.21 Å². The lowest BCUT2D eigenvalue weighted by atomic mass is 10.4. The molecule has 76 valence electrons. The SMILES string of the molecule is O=C(O)CSc1ncccc1[NH+]([O-])O. The topological polar surface area (TPSA) is 97.9 Å². The van der Waals surface area contributed by atoms with Gasteiger partial charge in [0, 0.05) is 12.3 Å². The molecule has 6 nitrogen and oxygen atoms in total. The highest BCUT2D eigenvalue weighted by molar-refractivity contribution is 8.00. The first-order valence-corrected chi connectivity index (χ1v) is 4.62. The van der Waals surface area contributed by atoms with Crippen LogP contribution in [-0.4, -0.2) is 27.0 Å². The average molecular weight is 216 g/mol. The van der Waals surface area contributed by atoms with Crippen molar-refractivity contribution in [2.24, 2.45) is 0 Å². The van der Waals surface area contributed by atoms with Gasteiger partial charge in [0.05, 0.1) is 5.75 Å². The smallest absolute Gasteiger partial charge is 0.313 e. The summed E-state index contributed by atoms with van der Waals surface area (Å²) in [6.07, 6.45) is 1.43. The Kier molecular flexibility index (Phi) is 3.84. The highest BCUT2D eigenvalue weighted by atomic mass is 32.2. The molecule has 0 spiro atoms. The van der Waals surface area contributed by atoms with Gasteiger partial charge in [0.2, 0.25) is 0 Å². The van der Waals surface area contributed by atoms with E-state index in [1.54, 1.807) is 0 Å². The molecule has 7 heteroatoms. The summed E-state index contributed by atoms with van der Waals surface area (Å²) in [5, 5.41) is 26.9. The summed E-state index contributed by atoms with van der Waals surface area (Å²) >= 11 is 0.892. The van der Waals surface area contributed by atoms with Gasteiger partial charge in [-0.15, -0.1) is 0 Å². The monoisotopic (exact) mass is 216 g/mol. The Morgan fingerprint density at radius 2 is 2.43 bits per heavy atom. The molecule has 0 aliphatic heterocycles. The molecule has 0 aliphatic carbocycles. The Hall–Kier alpha value is -1.15. The van der Waals surface area contributed by atoms with Gasteiger partial charge in [-0.3, -0.25) is 4.79 Å². The Labute approximate surface area is 83.7 Å². The zero-order chi connectivity index (χ0) is 10.6. The van der Waals surface area contributed by atoms with Crippen LogP contribution in [0.25, 0.3) is 0 Å². The van der Waals surface area contributed by atoms with Crippen molar-refractivity contribution in [3.05, 3.63) is 23.5 Å². The maximum Gasteiger partial charge on any atom is 0.313 e. The molecule has 14 heavy (non-hydrogen) atoms. The first-order valence-electron chi connectivity index (χ1n) is 3.64. The molecule has 0 aliphatic rings. The van der Waals surface area contributed by atoms with E-state index in [4.69, 9.17) is 10.3 Å². The van der Waals surface area contributed by atoms with E-state index in [9.17, 15) is 10.0 Å². The Bertz CT molecular complexity index is 331. The number of aromatic nitrogens is 1. The molecule has 3 N–H and O–H groups in total. The molecule has 1 rings (SSSR count). The number of aliphatic carboxylic acids is 1. The van der Waals surface area contributed by atoms with Gasteiger partial charge in [0.15, 0.2) is 10.7 Å². The number of thioether (sulfide) groups is 1. The van der Waals surface area contributed by atoms with E-state index in [2.05, 4.69) is 4.98 Å². The maximum atomic E-state index is 10.7. The van der Waals surface area contributed by atoms with Gasteiger partial charge < -0.3 is 10.3 Å². The minimum absolute atomic E-state index is 0.0266. The molecule has 0 saturated carbocycles. The van der Waals surface area contributed by atoms with Crippen LogP contribution >= 0.6 is 11.8 Å². The largest absolute Gasteiger partial charge is 0.595 e. The number of carboxylic acid groups (broad SMARTS) is 1. The predicted molar refractivity (Wildman–Crippen MR) is 48.4 cm³/mol. The van der Waals surface area contributed by atoms with Gasteiger partial charge in [-0.1, -0.05) is 11.8 Å². The molecule has 1 unspecified atom stereocenters. The second-order valence-electron chi connectivity index (χ2n) is 2.34. The first-order chi connectivity index (χ1) is 6.61. The summed E-state index contributed by atoms with van der Waals surface area (Å²) in [6.45, 7) is 0. The molecular weight excluding hydrogens is 208 g/mol. The van der Waals surface area contributed by atoms with Crippen molar-refractivity contribution < 1.29 is 20.3 Å². The van der Waals surface area contributed by atoms with Gasteiger partial charge in [-0.25, -0.2) is 10.2 Å². The fourth-order valence-electron chi connectivity index (χ4n) is 0.799. The standard InChI is InChI=1S/C7H8N2O4S/c10-6(11)4-14-7-5(9(12)13)2-1-3-8-7/h1-3,9,12H,4H2,(H,10,11). The summed E-state index contributed by atoms with van der Waals surface area (Å²) in [5.41, 5.74) is 0.0266. The van der Waals surface area contributed by atoms with Gasteiger partial charge in [-0.05, 0) is 6.07 Å². The number of rotatable bonds is 4.